The van der Waals surface area contributed by atoms with Crippen LogP contribution >= 0.6 is 0 Å². The van der Waals surface area contributed by atoms with Crippen LogP contribution in [0, 0.1) is 12.8 Å². The largest absolute Gasteiger partial charge is 0.438 e. The van der Waals surface area contributed by atoms with Crippen LogP contribution in [0.15, 0.2) is 6.20 Å². The molecule has 0 N–H and O–H groups in total. The predicted octanol–water partition coefficient (Wildman–Crippen LogP) is 1.49. The van der Waals surface area contributed by atoms with Crippen LogP contribution in [-0.4, -0.2) is 36.0 Å². The highest BCUT2D eigenvalue weighted by molar-refractivity contribution is 5.71. The lowest BCUT2D eigenvalue weighted by Gasteiger charge is -2.15. The van der Waals surface area contributed by atoms with Gasteiger partial charge in [0.1, 0.15) is 5.69 Å². The lowest BCUT2D eigenvalue weighted by molar-refractivity contribution is -0.159. The third-order valence-electron chi connectivity index (χ3n) is 3.09. The number of ether oxygens (including phenoxy) is 1. The molecule has 0 aliphatic rings. The second-order valence-corrected chi connectivity index (χ2v) is 5.19. The maximum Gasteiger partial charge on any atom is 0.310 e. The van der Waals surface area contributed by atoms with Crippen LogP contribution in [-0.2, 0) is 16.6 Å². The van der Waals surface area contributed by atoms with Crippen molar-refractivity contribution in [3.8, 4) is 11.5 Å². The van der Waals surface area contributed by atoms with E-state index in [0.717, 1.165) is 11.3 Å². The van der Waals surface area contributed by atoms with Gasteiger partial charge >= 0.3 is 5.97 Å². The highest BCUT2D eigenvalue weighted by Gasteiger charge is 2.21. The van der Waals surface area contributed by atoms with Gasteiger partial charge in [0.25, 0.3) is 0 Å². The molecule has 2 heterocycles. The van der Waals surface area contributed by atoms with Gasteiger partial charge in [0.05, 0.1) is 12.1 Å². The van der Waals surface area contributed by atoms with E-state index in [2.05, 4.69) is 20.5 Å². The van der Waals surface area contributed by atoms with Crippen molar-refractivity contribution in [2.24, 2.45) is 13.0 Å². The van der Waals surface area contributed by atoms with Gasteiger partial charge in [-0.25, -0.2) is 0 Å². The van der Waals surface area contributed by atoms with Gasteiger partial charge in [0, 0.05) is 13.5 Å². The van der Waals surface area contributed by atoms with E-state index in [4.69, 9.17) is 4.74 Å². The molecule has 1 unspecified atom stereocenters. The summed E-state index contributed by atoms with van der Waals surface area (Å²) < 4.78 is 7.07. The molecule has 0 bridgehead atoms. The normalized spacial score (nSPS) is 12.7. The summed E-state index contributed by atoms with van der Waals surface area (Å²) in [4.78, 5) is 13.0. The zero-order chi connectivity index (χ0) is 15.6. The third kappa shape index (κ3) is 3.09. The molecule has 0 amide bonds. The van der Waals surface area contributed by atoms with Crippen molar-refractivity contribution in [2.75, 3.05) is 0 Å². The Kier molecular flexibility index (Phi) is 4.35. The molecule has 8 nitrogen and oxygen atoms in total. The molecule has 0 saturated heterocycles. The average molecular weight is 292 g/mol. The van der Waals surface area contributed by atoms with Crippen LogP contribution in [0.5, 0.6) is 0 Å². The van der Waals surface area contributed by atoms with Crippen LogP contribution in [0.4, 0.5) is 0 Å². The van der Waals surface area contributed by atoms with Crippen molar-refractivity contribution < 1.29 is 9.53 Å². The van der Waals surface area contributed by atoms with Crippen LogP contribution in [0.1, 0.15) is 39.0 Å². The van der Waals surface area contributed by atoms with Gasteiger partial charge in [-0.15, -0.1) is 15.0 Å². The summed E-state index contributed by atoms with van der Waals surface area (Å²) in [6.45, 7) is 7.40. The minimum atomic E-state index is -0.547. The second-order valence-electron chi connectivity index (χ2n) is 5.19. The lowest BCUT2D eigenvalue weighted by Crippen LogP contribution is -2.22. The molecule has 0 aromatic carbocycles. The number of carbonyl (C=O) groups excluding carboxylic acids is 1. The molecule has 2 aromatic heterocycles. The van der Waals surface area contributed by atoms with Gasteiger partial charge in [-0.05, 0) is 17.7 Å². The van der Waals surface area contributed by atoms with Gasteiger partial charge in [0.2, 0.25) is 12.1 Å². The predicted molar refractivity (Wildman–Crippen MR) is 75.0 cm³/mol. The number of rotatable bonds is 5. The van der Waals surface area contributed by atoms with Gasteiger partial charge in [-0.1, -0.05) is 20.8 Å². The van der Waals surface area contributed by atoms with Crippen LogP contribution in [0.25, 0.3) is 11.5 Å². The quantitative estimate of drug-likeness (QED) is 0.776. The maximum atomic E-state index is 11.7. The number of aryl methyl sites for hydroxylation is 2. The topological polar surface area (TPSA) is 87.7 Å². The minimum absolute atomic E-state index is 0.193. The Morgan fingerprint density at radius 2 is 2.14 bits per heavy atom. The van der Waals surface area contributed by atoms with Crippen molar-refractivity contribution in [1.29, 1.82) is 0 Å². The summed E-state index contributed by atoms with van der Waals surface area (Å²) in [7, 11) is 1.82. The summed E-state index contributed by atoms with van der Waals surface area (Å²) in [6.07, 6.45) is 1.76. The van der Waals surface area contributed by atoms with Crippen molar-refractivity contribution >= 4 is 5.97 Å². The first-order chi connectivity index (χ1) is 9.93. The van der Waals surface area contributed by atoms with Crippen molar-refractivity contribution in [3.05, 3.63) is 11.8 Å². The maximum absolute atomic E-state index is 11.7. The van der Waals surface area contributed by atoms with E-state index in [9.17, 15) is 4.79 Å². The summed E-state index contributed by atoms with van der Waals surface area (Å²) in [5.74, 6) is -0.00896. The first kappa shape index (κ1) is 15.1. The van der Waals surface area contributed by atoms with E-state index < -0.39 is 6.23 Å². The van der Waals surface area contributed by atoms with Gasteiger partial charge < -0.3 is 4.74 Å². The molecule has 21 heavy (non-hydrogen) atoms. The highest BCUT2D eigenvalue weighted by Crippen LogP contribution is 2.19. The van der Waals surface area contributed by atoms with Crippen molar-refractivity contribution in [2.45, 2.75) is 40.3 Å². The Labute approximate surface area is 123 Å². The molecule has 114 valence electrons. The standard InChI is InChI=1S/C13H20N6O2/c1-6-10(21-13(20)8(2)3)19-16-12(15-17-19)11-9(4)7-14-18(11)5/h7-8,10H,6H2,1-5H3. The molecule has 0 radical (unpaired) electrons. The molecule has 1 atom stereocenters. The summed E-state index contributed by atoms with van der Waals surface area (Å²) in [5, 5.41) is 16.5. The van der Waals surface area contributed by atoms with Crippen LogP contribution in [0.2, 0.25) is 0 Å². The van der Waals surface area contributed by atoms with Gasteiger partial charge in [0.15, 0.2) is 0 Å². The van der Waals surface area contributed by atoms with Crippen LogP contribution < -0.4 is 0 Å². The number of hydrogen-bond donors (Lipinski definition) is 0. The Balaban J connectivity index is 2.24. The zero-order valence-electron chi connectivity index (χ0n) is 12.9. The molecular formula is C13H20N6O2. The third-order valence-corrected chi connectivity index (χ3v) is 3.09. The first-order valence-corrected chi connectivity index (χ1v) is 6.93. The number of aromatic nitrogens is 6. The molecule has 0 spiro atoms. The van der Waals surface area contributed by atoms with E-state index in [0.29, 0.717) is 12.2 Å². The molecule has 2 rings (SSSR count). The molecule has 0 saturated carbocycles. The SMILES string of the molecule is CCC(OC(=O)C(C)C)n1nnc(-c2c(C)cnn2C)n1. The summed E-state index contributed by atoms with van der Waals surface area (Å²) >= 11 is 0. The number of nitrogens with zero attached hydrogens (tertiary/aromatic N) is 6. The Morgan fingerprint density at radius 1 is 1.43 bits per heavy atom. The highest BCUT2D eigenvalue weighted by atomic mass is 16.6. The second kappa shape index (κ2) is 6.02. The van der Waals surface area contributed by atoms with Crippen molar-refractivity contribution in [1.82, 2.24) is 30.0 Å². The fraction of sp³-hybridized carbons (Fsp3) is 0.615. The molecule has 8 heteroatoms. The van der Waals surface area contributed by atoms with E-state index in [1.54, 1.807) is 24.7 Å². The van der Waals surface area contributed by atoms with Gasteiger partial charge in [-0.2, -0.15) is 5.10 Å². The summed E-state index contributed by atoms with van der Waals surface area (Å²) in [6, 6.07) is 0. The number of esters is 1. The number of hydrogen-bond acceptors (Lipinski definition) is 6. The zero-order valence-corrected chi connectivity index (χ0v) is 12.9. The monoisotopic (exact) mass is 292 g/mol. The first-order valence-electron chi connectivity index (χ1n) is 6.93. The Bertz CT molecular complexity index is 611. The molecule has 2 aromatic rings. The fourth-order valence-electron chi connectivity index (χ4n) is 1.87. The number of tetrazole rings is 1. The van der Waals surface area contributed by atoms with Crippen LogP contribution in [0.3, 0.4) is 0 Å². The fourth-order valence-corrected chi connectivity index (χ4v) is 1.87. The molecular weight excluding hydrogens is 272 g/mol. The van der Waals surface area contributed by atoms with Gasteiger partial charge in [-0.3, -0.25) is 9.48 Å². The van der Waals surface area contributed by atoms with Crippen molar-refractivity contribution in [3.63, 3.8) is 0 Å². The average Bonchev–Trinajstić information content (AvgIpc) is 3.02. The molecule has 0 aliphatic carbocycles. The molecule has 0 fully saturated rings. The van der Waals surface area contributed by atoms with E-state index in [-0.39, 0.29) is 11.9 Å². The lowest BCUT2D eigenvalue weighted by atomic mass is 10.2. The summed E-state index contributed by atoms with van der Waals surface area (Å²) in [5.41, 5.74) is 1.76. The minimum Gasteiger partial charge on any atom is -0.438 e. The van der Waals surface area contributed by atoms with E-state index in [1.165, 1.54) is 4.80 Å². The number of carbonyl (C=O) groups is 1. The molecule has 0 aliphatic heterocycles. The smallest absolute Gasteiger partial charge is 0.310 e. The Morgan fingerprint density at radius 3 is 2.67 bits per heavy atom. The Hall–Kier alpha value is -2.25. The van der Waals surface area contributed by atoms with E-state index >= 15 is 0 Å². The van der Waals surface area contributed by atoms with E-state index in [1.807, 2.05) is 20.9 Å².